The van der Waals surface area contributed by atoms with Gasteiger partial charge in [-0.2, -0.15) is 15.4 Å². The van der Waals surface area contributed by atoms with E-state index in [0.717, 1.165) is 6.21 Å². The lowest BCUT2D eigenvalue weighted by atomic mass is 9.99. The van der Waals surface area contributed by atoms with Crippen molar-refractivity contribution in [2.45, 2.75) is 13.0 Å². The first-order valence-electron chi connectivity index (χ1n) is 7.45. The number of rotatable bonds is 6. The number of hydrogen-bond acceptors (Lipinski definition) is 5. The fourth-order valence-corrected chi connectivity index (χ4v) is 2.39. The molecule has 1 aliphatic rings. The van der Waals surface area contributed by atoms with Crippen molar-refractivity contribution in [1.82, 2.24) is 20.4 Å². The SMILES string of the molecule is N=Cc1n[nH]nc1-c1cccc(COCC2CC(F)=C(F)C=C2F)n1. The van der Waals surface area contributed by atoms with Crippen LogP contribution in [0.25, 0.3) is 11.4 Å². The summed E-state index contributed by atoms with van der Waals surface area (Å²) in [5.74, 6) is -3.72. The zero-order valence-corrected chi connectivity index (χ0v) is 13.0. The van der Waals surface area contributed by atoms with E-state index in [1.165, 1.54) is 0 Å². The molecule has 6 nitrogen and oxygen atoms in total. The molecule has 0 aromatic carbocycles. The van der Waals surface area contributed by atoms with Gasteiger partial charge in [-0.05, 0) is 12.1 Å². The highest BCUT2D eigenvalue weighted by molar-refractivity contribution is 5.83. The molecule has 25 heavy (non-hydrogen) atoms. The Morgan fingerprint density at radius 1 is 1.28 bits per heavy atom. The minimum Gasteiger partial charge on any atom is -0.374 e. The van der Waals surface area contributed by atoms with Crippen LogP contribution in [0.4, 0.5) is 13.2 Å². The zero-order chi connectivity index (χ0) is 17.8. The van der Waals surface area contributed by atoms with Crippen LogP contribution in [-0.2, 0) is 11.3 Å². The van der Waals surface area contributed by atoms with Crippen molar-refractivity contribution in [3.05, 3.63) is 53.1 Å². The standard InChI is InChI=1S/C16H14F3N5O/c17-11-5-13(19)12(18)4-9(11)7-25-8-10-2-1-3-14(21-10)16-15(6-20)22-24-23-16/h1-3,5-6,9,20H,4,7-8H2,(H,22,23,24). The Labute approximate surface area is 140 Å². The number of pyridine rings is 1. The fourth-order valence-electron chi connectivity index (χ4n) is 2.39. The summed E-state index contributed by atoms with van der Waals surface area (Å²) < 4.78 is 45.2. The van der Waals surface area contributed by atoms with Gasteiger partial charge < -0.3 is 10.1 Å². The first-order valence-corrected chi connectivity index (χ1v) is 7.45. The molecule has 0 radical (unpaired) electrons. The third kappa shape index (κ3) is 3.82. The second kappa shape index (κ2) is 7.39. The van der Waals surface area contributed by atoms with Crippen molar-refractivity contribution in [3.63, 3.8) is 0 Å². The summed E-state index contributed by atoms with van der Waals surface area (Å²) in [6.45, 7) is -0.0200. The van der Waals surface area contributed by atoms with Gasteiger partial charge in [0.1, 0.15) is 23.0 Å². The predicted octanol–water partition coefficient (Wildman–Crippen LogP) is 3.40. The largest absolute Gasteiger partial charge is 0.374 e. The molecule has 0 bridgehead atoms. The Morgan fingerprint density at radius 2 is 2.12 bits per heavy atom. The lowest BCUT2D eigenvalue weighted by Gasteiger charge is -2.17. The second-order valence-electron chi connectivity index (χ2n) is 5.41. The summed E-state index contributed by atoms with van der Waals surface area (Å²) in [5.41, 5.74) is 1.84. The minimum atomic E-state index is -1.17. The van der Waals surface area contributed by atoms with E-state index >= 15 is 0 Å². The first kappa shape index (κ1) is 17.0. The Morgan fingerprint density at radius 3 is 2.92 bits per heavy atom. The summed E-state index contributed by atoms with van der Waals surface area (Å²) in [4.78, 5) is 4.35. The molecule has 0 fully saturated rings. The van der Waals surface area contributed by atoms with Gasteiger partial charge in [0, 0.05) is 24.6 Å². The van der Waals surface area contributed by atoms with E-state index in [0.29, 0.717) is 28.9 Å². The number of nitrogens with one attached hydrogen (secondary N) is 2. The van der Waals surface area contributed by atoms with Gasteiger partial charge in [-0.15, -0.1) is 0 Å². The van der Waals surface area contributed by atoms with Crippen LogP contribution in [0.2, 0.25) is 0 Å². The number of halogens is 3. The molecule has 0 aliphatic heterocycles. The van der Waals surface area contributed by atoms with Crippen LogP contribution in [0, 0.1) is 11.3 Å². The third-order valence-electron chi connectivity index (χ3n) is 3.67. The Balaban J connectivity index is 1.62. The number of allylic oxidation sites excluding steroid dienone is 3. The topological polar surface area (TPSA) is 87.5 Å². The van der Waals surface area contributed by atoms with E-state index in [4.69, 9.17) is 10.1 Å². The number of H-pyrrole nitrogens is 1. The molecule has 2 heterocycles. The molecule has 2 aromatic heterocycles. The van der Waals surface area contributed by atoms with Crippen molar-refractivity contribution in [3.8, 4) is 11.4 Å². The molecule has 1 unspecified atom stereocenters. The molecule has 1 aliphatic carbocycles. The van der Waals surface area contributed by atoms with Gasteiger partial charge in [-0.1, -0.05) is 6.07 Å². The molecule has 1 atom stereocenters. The van der Waals surface area contributed by atoms with Crippen LogP contribution in [-0.4, -0.2) is 33.2 Å². The van der Waals surface area contributed by atoms with Crippen LogP contribution in [0.5, 0.6) is 0 Å². The highest BCUT2D eigenvalue weighted by Crippen LogP contribution is 2.31. The van der Waals surface area contributed by atoms with Gasteiger partial charge in [-0.3, -0.25) is 0 Å². The fraction of sp³-hybridized carbons (Fsp3) is 0.250. The summed E-state index contributed by atoms with van der Waals surface area (Å²) in [6, 6.07) is 5.16. The third-order valence-corrected chi connectivity index (χ3v) is 3.67. The number of aromatic amines is 1. The molecular formula is C16H14F3N5O. The van der Waals surface area contributed by atoms with Crippen LogP contribution in [0.1, 0.15) is 17.8 Å². The van der Waals surface area contributed by atoms with Crippen molar-refractivity contribution in [1.29, 1.82) is 5.41 Å². The monoisotopic (exact) mass is 349 g/mol. The number of hydrogen-bond donors (Lipinski definition) is 2. The molecule has 9 heteroatoms. The summed E-state index contributed by atoms with van der Waals surface area (Å²) in [5, 5.41) is 17.5. The van der Waals surface area contributed by atoms with E-state index in [2.05, 4.69) is 20.4 Å². The molecule has 2 N–H and O–H groups in total. The van der Waals surface area contributed by atoms with Gasteiger partial charge in [0.2, 0.25) is 0 Å². The Kier molecular flexibility index (Phi) is 5.03. The van der Waals surface area contributed by atoms with Crippen molar-refractivity contribution in [2.75, 3.05) is 6.61 Å². The van der Waals surface area contributed by atoms with E-state index in [9.17, 15) is 13.2 Å². The Bertz CT molecular complexity index is 846. The maximum absolute atomic E-state index is 13.6. The maximum atomic E-state index is 13.6. The molecule has 130 valence electrons. The lowest BCUT2D eigenvalue weighted by Crippen LogP contribution is -2.14. The van der Waals surface area contributed by atoms with Gasteiger partial charge in [0.05, 0.1) is 24.6 Å². The average Bonchev–Trinajstić information content (AvgIpc) is 3.08. The quantitative estimate of drug-likeness (QED) is 0.783. The lowest BCUT2D eigenvalue weighted by molar-refractivity contribution is 0.0853. The molecule has 0 amide bonds. The molecule has 0 saturated heterocycles. The molecule has 3 rings (SSSR count). The van der Waals surface area contributed by atoms with Crippen molar-refractivity contribution >= 4 is 6.21 Å². The molecular weight excluding hydrogens is 335 g/mol. The summed E-state index contributed by atoms with van der Waals surface area (Å²) >= 11 is 0. The minimum absolute atomic E-state index is 0.0726. The molecule has 2 aromatic rings. The highest BCUT2D eigenvalue weighted by atomic mass is 19.2. The van der Waals surface area contributed by atoms with E-state index in [1.807, 2.05) is 0 Å². The van der Waals surface area contributed by atoms with Crippen LogP contribution >= 0.6 is 0 Å². The Hall–Kier alpha value is -2.81. The van der Waals surface area contributed by atoms with Crippen LogP contribution < -0.4 is 0 Å². The maximum Gasteiger partial charge on any atom is 0.157 e. The van der Waals surface area contributed by atoms with E-state index < -0.39 is 23.4 Å². The number of aromatic nitrogens is 4. The van der Waals surface area contributed by atoms with Gasteiger partial charge >= 0.3 is 0 Å². The molecule has 0 saturated carbocycles. The molecule has 0 spiro atoms. The van der Waals surface area contributed by atoms with E-state index in [1.54, 1.807) is 18.2 Å². The van der Waals surface area contributed by atoms with Gasteiger partial charge in [0.25, 0.3) is 0 Å². The average molecular weight is 349 g/mol. The van der Waals surface area contributed by atoms with Crippen molar-refractivity contribution < 1.29 is 17.9 Å². The second-order valence-corrected chi connectivity index (χ2v) is 5.41. The summed E-state index contributed by atoms with van der Waals surface area (Å²) in [6.07, 6.45) is 1.25. The van der Waals surface area contributed by atoms with Crippen molar-refractivity contribution in [2.24, 2.45) is 5.92 Å². The number of ether oxygens (including phenoxy) is 1. The van der Waals surface area contributed by atoms with Gasteiger partial charge in [0.15, 0.2) is 5.83 Å². The van der Waals surface area contributed by atoms with Gasteiger partial charge in [-0.25, -0.2) is 18.2 Å². The smallest absolute Gasteiger partial charge is 0.157 e. The normalized spacial score (nSPS) is 17.6. The van der Waals surface area contributed by atoms with Crippen LogP contribution in [0.15, 0.2) is 41.8 Å². The number of nitrogens with zero attached hydrogens (tertiary/aromatic N) is 3. The first-order chi connectivity index (χ1) is 12.1. The predicted molar refractivity (Wildman–Crippen MR) is 83.7 cm³/mol. The zero-order valence-electron chi connectivity index (χ0n) is 13.0. The highest BCUT2D eigenvalue weighted by Gasteiger charge is 2.24. The summed E-state index contributed by atoms with van der Waals surface area (Å²) in [7, 11) is 0. The van der Waals surface area contributed by atoms with E-state index in [-0.39, 0.29) is 19.6 Å². The van der Waals surface area contributed by atoms with Crippen LogP contribution in [0.3, 0.4) is 0 Å².